The first-order chi connectivity index (χ1) is 12.5. The molecule has 26 heavy (non-hydrogen) atoms. The molecule has 2 aromatic rings. The van der Waals surface area contributed by atoms with Gasteiger partial charge in [-0.1, -0.05) is 38.1 Å². The van der Waals surface area contributed by atoms with E-state index in [2.05, 4.69) is 35.9 Å². The quantitative estimate of drug-likeness (QED) is 0.705. The maximum atomic E-state index is 12.6. The van der Waals surface area contributed by atoms with Crippen molar-refractivity contribution in [3.63, 3.8) is 0 Å². The first-order valence-electron chi connectivity index (χ1n) is 8.94. The Hall–Kier alpha value is -2.82. The maximum absolute atomic E-state index is 12.6. The molecule has 0 aliphatic carbocycles. The molecule has 0 aliphatic rings. The van der Waals surface area contributed by atoms with Crippen LogP contribution in [0.15, 0.2) is 48.5 Å². The van der Waals surface area contributed by atoms with Crippen LogP contribution < -0.4 is 16.0 Å². The van der Waals surface area contributed by atoms with Gasteiger partial charge in [-0.15, -0.1) is 0 Å². The average Bonchev–Trinajstić information content (AvgIpc) is 2.67. The van der Waals surface area contributed by atoms with Crippen molar-refractivity contribution in [1.82, 2.24) is 5.32 Å². The maximum Gasteiger partial charge on any atom is 0.251 e. The molecule has 2 atom stereocenters. The zero-order valence-corrected chi connectivity index (χ0v) is 15.8. The molecule has 0 bridgehead atoms. The van der Waals surface area contributed by atoms with Gasteiger partial charge in [0.1, 0.15) is 6.04 Å². The summed E-state index contributed by atoms with van der Waals surface area (Å²) in [7, 11) is 1.59. The molecular formula is C21H27N3O2. The molecule has 2 amide bonds. The number of carbonyl (C=O) groups excluding carboxylic acids is 2. The van der Waals surface area contributed by atoms with Crippen LogP contribution in [0.5, 0.6) is 0 Å². The third-order valence-electron chi connectivity index (χ3n) is 4.49. The predicted octanol–water partition coefficient (Wildman–Crippen LogP) is 4.00. The second-order valence-corrected chi connectivity index (χ2v) is 6.41. The van der Waals surface area contributed by atoms with Gasteiger partial charge in [0.25, 0.3) is 5.91 Å². The van der Waals surface area contributed by atoms with Crippen molar-refractivity contribution in [3.8, 4) is 0 Å². The summed E-state index contributed by atoms with van der Waals surface area (Å²) in [6, 6.07) is 14.5. The second-order valence-electron chi connectivity index (χ2n) is 6.41. The summed E-state index contributed by atoms with van der Waals surface area (Å²) in [6.07, 6.45) is 1.01. The van der Waals surface area contributed by atoms with E-state index < -0.39 is 6.04 Å². The Balaban J connectivity index is 2.08. The zero-order valence-electron chi connectivity index (χ0n) is 15.8. The highest BCUT2D eigenvalue weighted by molar-refractivity contribution is 5.98. The number of hydrogen-bond donors (Lipinski definition) is 3. The number of hydrogen-bond acceptors (Lipinski definition) is 3. The van der Waals surface area contributed by atoms with Gasteiger partial charge in [0, 0.05) is 24.0 Å². The average molecular weight is 353 g/mol. The third-order valence-corrected chi connectivity index (χ3v) is 4.49. The summed E-state index contributed by atoms with van der Waals surface area (Å²) in [5.74, 6) is 0.0957. The normalized spacial score (nSPS) is 12.8. The Kier molecular flexibility index (Phi) is 6.78. The van der Waals surface area contributed by atoms with Crippen LogP contribution in [-0.2, 0) is 4.79 Å². The van der Waals surface area contributed by atoms with Crippen molar-refractivity contribution in [2.75, 3.05) is 17.7 Å². The van der Waals surface area contributed by atoms with Gasteiger partial charge in [0.05, 0.1) is 0 Å². The van der Waals surface area contributed by atoms with E-state index in [0.717, 1.165) is 23.4 Å². The molecule has 2 aromatic carbocycles. The van der Waals surface area contributed by atoms with Crippen LogP contribution in [0.4, 0.5) is 11.4 Å². The number of anilines is 2. The molecule has 3 N–H and O–H groups in total. The van der Waals surface area contributed by atoms with Crippen LogP contribution >= 0.6 is 0 Å². The lowest BCUT2D eigenvalue weighted by molar-refractivity contribution is -0.116. The molecule has 0 radical (unpaired) electrons. The largest absolute Gasteiger partial charge is 0.374 e. The molecule has 0 heterocycles. The number of benzene rings is 2. The van der Waals surface area contributed by atoms with Gasteiger partial charge in [0.15, 0.2) is 0 Å². The summed E-state index contributed by atoms with van der Waals surface area (Å²) in [5, 5.41) is 8.76. The summed E-state index contributed by atoms with van der Waals surface area (Å²) in [4.78, 5) is 24.3. The van der Waals surface area contributed by atoms with Crippen LogP contribution in [0.1, 0.15) is 49.0 Å². The lowest BCUT2D eigenvalue weighted by Gasteiger charge is -2.19. The first kappa shape index (κ1) is 19.5. The Bertz CT molecular complexity index is 773. The zero-order chi connectivity index (χ0) is 19.1. The molecule has 0 aliphatic heterocycles. The van der Waals surface area contributed by atoms with E-state index in [0.29, 0.717) is 11.5 Å². The van der Waals surface area contributed by atoms with Gasteiger partial charge in [-0.05, 0) is 49.1 Å². The molecule has 0 saturated heterocycles. The fourth-order valence-corrected chi connectivity index (χ4v) is 2.71. The number of amides is 2. The summed E-state index contributed by atoms with van der Waals surface area (Å²) in [6.45, 7) is 6.08. The second kappa shape index (κ2) is 9.04. The van der Waals surface area contributed by atoms with E-state index in [-0.39, 0.29) is 11.8 Å². The summed E-state index contributed by atoms with van der Waals surface area (Å²) < 4.78 is 0. The molecule has 0 saturated carbocycles. The van der Waals surface area contributed by atoms with Gasteiger partial charge in [-0.2, -0.15) is 0 Å². The van der Waals surface area contributed by atoms with Gasteiger partial charge >= 0.3 is 0 Å². The minimum Gasteiger partial charge on any atom is -0.374 e. The van der Waals surface area contributed by atoms with E-state index >= 15 is 0 Å². The van der Waals surface area contributed by atoms with Gasteiger partial charge in [0.2, 0.25) is 5.91 Å². The van der Waals surface area contributed by atoms with Crippen LogP contribution in [0.2, 0.25) is 0 Å². The fourth-order valence-electron chi connectivity index (χ4n) is 2.71. The van der Waals surface area contributed by atoms with Crippen molar-refractivity contribution in [2.45, 2.75) is 39.2 Å². The van der Waals surface area contributed by atoms with Gasteiger partial charge < -0.3 is 16.0 Å². The molecule has 0 fully saturated rings. The van der Waals surface area contributed by atoms with Crippen molar-refractivity contribution in [1.29, 1.82) is 0 Å². The Morgan fingerprint density at radius 2 is 1.77 bits per heavy atom. The molecule has 0 spiro atoms. The summed E-state index contributed by atoms with van der Waals surface area (Å²) in [5.41, 5.74) is 3.26. The number of rotatable bonds is 7. The Morgan fingerprint density at radius 3 is 2.46 bits per heavy atom. The highest BCUT2D eigenvalue weighted by Gasteiger charge is 2.16. The number of para-hydroxylation sites is 1. The highest BCUT2D eigenvalue weighted by Crippen LogP contribution is 2.26. The SMILES string of the molecule is CC[C@H](C)c1ccccc1NC(=O)[C@H](C)Nc1cccc(C(=O)NC)c1. The highest BCUT2D eigenvalue weighted by atomic mass is 16.2. The number of nitrogens with one attached hydrogen (secondary N) is 3. The van der Waals surface area contributed by atoms with E-state index in [4.69, 9.17) is 0 Å². The van der Waals surface area contributed by atoms with E-state index in [1.807, 2.05) is 24.3 Å². The predicted molar refractivity (Wildman–Crippen MR) is 107 cm³/mol. The van der Waals surface area contributed by atoms with Crippen LogP contribution in [0.3, 0.4) is 0 Å². The van der Waals surface area contributed by atoms with Crippen molar-refractivity contribution >= 4 is 23.2 Å². The summed E-state index contributed by atoms with van der Waals surface area (Å²) >= 11 is 0. The topological polar surface area (TPSA) is 70.2 Å². The molecular weight excluding hydrogens is 326 g/mol. The smallest absolute Gasteiger partial charge is 0.251 e. The minimum atomic E-state index is -0.445. The van der Waals surface area contributed by atoms with Crippen LogP contribution in [0.25, 0.3) is 0 Å². The standard InChI is InChI=1S/C21H27N3O2/c1-5-14(2)18-11-6-7-12-19(18)24-20(25)15(3)23-17-10-8-9-16(13-17)21(26)22-4/h6-15,23H,5H2,1-4H3,(H,22,26)(H,24,25)/t14-,15-/m0/s1. The Morgan fingerprint density at radius 1 is 1.04 bits per heavy atom. The van der Waals surface area contributed by atoms with Crippen molar-refractivity contribution in [3.05, 3.63) is 59.7 Å². The molecule has 138 valence electrons. The molecule has 5 heteroatoms. The lowest BCUT2D eigenvalue weighted by Crippen LogP contribution is -2.32. The first-order valence-corrected chi connectivity index (χ1v) is 8.94. The third kappa shape index (κ3) is 4.85. The van der Waals surface area contributed by atoms with Crippen LogP contribution in [-0.4, -0.2) is 24.9 Å². The fraction of sp³-hybridized carbons (Fsp3) is 0.333. The monoisotopic (exact) mass is 353 g/mol. The van der Waals surface area contributed by atoms with Crippen molar-refractivity contribution in [2.24, 2.45) is 0 Å². The minimum absolute atomic E-state index is 0.119. The van der Waals surface area contributed by atoms with Crippen LogP contribution in [0, 0.1) is 0 Å². The van der Waals surface area contributed by atoms with E-state index in [1.54, 1.807) is 32.2 Å². The van der Waals surface area contributed by atoms with Gasteiger partial charge in [-0.3, -0.25) is 9.59 Å². The van der Waals surface area contributed by atoms with Crippen molar-refractivity contribution < 1.29 is 9.59 Å². The van der Waals surface area contributed by atoms with Gasteiger partial charge in [-0.25, -0.2) is 0 Å². The Labute approximate surface area is 155 Å². The lowest BCUT2D eigenvalue weighted by atomic mass is 9.97. The molecule has 0 aromatic heterocycles. The molecule has 2 rings (SSSR count). The van der Waals surface area contributed by atoms with E-state index in [1.165, 1.54) is 0 Å². The van der Waals surface area contributed by atoms with E-state index in [9.17, 15) is 9.59 Å². The molecule has 5 nitrogen and oxygen atoms in total. The molecule has 0 unspecified atom stereocenters. The number of carbonyl (C=O) groups is 2.